The molecule has 0 radical (unpaired) electrons. The number of hydrogen-bond donors (Lipinski definition) is 1. The third kappa shape index (κ3) is 3.96. The molecule has 6 heteroatoms. The zero-order valence-corrected chi connectivity index (χ0v) is 17.7. The minimum absolute atomic E-state index is 0.0107. The Kier molecular flexibility index (Phi) is 5.58. The summed E-state index contributed by atoms with van der Waals surface area (Å²) >= 11 is 0. The van der Waals surface area contributed by atoms with Gasteiger partial charge in [-0.2, -0.15) is 0 Å². The fraction of sp³-hybridized carbons (Fsp3) is 0.269. The van der Waals surface area contributed by atoms with Crippen LogP contribution in [0, 0.1) is 5.92 Å². The normalized spacial score (nSPS) is 15.9. The number of ether oxygens (including phenoxy) is 1. The number of piperidine rings is 1. The van der Waals surface area contributed by atoms with Gasteiger partial charge in [-0.3, -0.25) is 14.6 Å². The number of carbonyl (C=O) groups excluding carboxylic acids is 2. The van der Waals surface area contributed by atoms with Crippen molar-refractivity contribution in [3.63, 3.8) is 0 Å². The number of benzene rings is 2. The standard InChI is InChI=1S/C26H25N3O3/c30-25(24-20-5-1-3-7-22(20)32-23-8-4-2-6-21(23)24)28-17-18-11-15-29(16-12-18)26(31)19-9-13-27-14-10-19/h1-10,13-14,18,24H,11-12,15-17H2,(H,28,30). The van der Waals surface area contributed by atoms with Gasteiger partial charge >= 0.3 is 0 Å². The monoisotopic (exact) mass is 427 g/mol. The molecule has 3 heterocycles. The van der Waals surface area contributed by atoms with E-state index in [1.807, 2.05) is 53.4 Å². The number of nitrogens with zero attached hydrogens (tertiary/aromatic N) is 2. The quantitative estimate of drug-likeness (QED) is 0.684. The van der Waals surface area contributed by atoms with Gasteiger partial charge in [0.2, 0.25) is 5.91 Å². The average Bonchev–Trinajstić information content (AvgIpc) is 2.86. The van der Waals surface area contributed by atoms with Crippen LogP contribution in [0.5, 0.6) is 11.5 Å². The number of hydrogen-bond acceptors (Lipinski definition) is 4. The number of fused-ring (bicyclic) bond motifs is 2. The van der Waals surface area contributed by atoms with Crippen molar-refractivity contribution in [2.24, 2.45) is 5.92 Å². The molecule has 2 aliphatic heterocycles. The summed E-state index contributed by atoms with van der Waals surface area (Å²) in [4.78, 5) is 31.8. The average molecular weight is 428 g/mol. The second kappa shape index (κ2) is 8.83. The summed E-state index contributed by atoms with van der Waals surface area (Å²) in [6.07, 6.45) is 5.03. The van der Waals surface area contributed by atoms with E-state index >= 15 is 0 Å². The van der Waals surface area contributed by atoms with Gasteiger partial charge in [0.05, 0.1) is 5.92 Å². The number of para-hydroxylation sites is 2. The third-order valence-electron chi connectivity index (χ3n) is 6.34. The van der Waals surface area contributed by atoms with E-state index < -0.39 is 0 Å². The molecule has 0 bridgehead atoms. The molecule has 0 saturated carbocycles. The highest BCUT2D eigenvalue weighted by Crippen LogP contribution is 2.43. The van der Waals surface area contributed by atoms with Crippen LogP contribution in [0.15, 0.2) is 73.1 Å². The van der Waals surface area contributed by atoms with Crippen molar-refractivity contribution in [3.8, 4) is 11.5 Å². The topological polar surface area (TPSA) is 71.5 Å². The van der Waals surface area contributed by atoms with Gasteiger partial charge in [0.15, 0.2) is 0 Å². The lowest BCUT2D eigenvalue weighted by Crippen LogP contribution is -2.42. The van der Waals surface area contributed by atoms with E-state index in [4.69, 9.17) is 4.74 Å². The molecule has 162 valence electrons. The van der Waals surface area contributed by atoms with Gasteiger partial charge in [-0.1, -0.05) is 36.4 Å². The number of nitrogens with one attached hydrogen (secondary N) is 1. The predicted molar refractivity (Wildman–Crippen MR) is 121 cm³/mol. The van der Waals surface area contributed by atoms with E-state index in [2.05, 4.69) is 10.3 Å². The van der Waals surface area contributed by atoms with Crippen LogP contribution in [0.4, 0.5) is 0 Å². The Balaban J connectivity index is 1.22. The molecule has 2 aliphatic rings. The largest absolute Gasteiger partial charge is 0.457 e. The van der Waals surface area contributed by atoms with Crippen molar-refractivity contribution < 1.29 is 14.3 Å². The van der Waals surface area contributed by atoms with Crippen molar-refractivity contribution in [3.05, 3.63) is 89.7 Å². The summed E-state index contributed by atoms with van der Waals surface area (Å²) < 4.78 is 6.00. The van der Waals surface area contributed by atoms with Gasteiger partial charge in [0.25, 0.3) is 5.91 Å². The number of rotatable bonds is 4. The zero-order chi connectivity index (χ0) is 21.9. The fourth-order valence-corrected chi connectivity index (χ4v) is 4.56. The Morgan fingerprint density at radius 1 is 0.906 bits per heavy atom. The first-order chi connectivity index (χ1) is 15.7. The molecule has 3 aromatic rings. The van der Waals surface area contributed by atoms with Gasteiger partial charge in [-0.25, -0.2) is 0 Å². The Bertz CT molecular complexity index is 1080. The van der Waals surface area contributed by atoms with Crippen LogP contribution in [0.2, 0.25) is 0 Å². The van der Waals surface area contributed by atoms with Crippen molar-refractivity contribution in [1.82, 2.24) is 15.2 Å². The minimum atomic E-state index is -0.385. The number of amides is 2. The maximum atomic E-state index is 13.3. The maximum Gasteiger partial charge on any atom is 0.253 e. The van der Waals surface area contributed by atoms with Crippen molar-refractivity contribution in [2.45, 2.75) is 18.8 Å². The molecule has 2 amide bonds. The van der Waals surface area contributed by atoms with Crippen LogP contribution < -0.4 is 10.1 Å². The third-order valence-corrected chi connectivity index (χ3v) is 6.34. The summed E-state index contributed by atoms with van der Waals surface area (Å²) in [6.45, 7) is 2.01. The fourth-order valence-electron chi connectivity index (χ4n) is 4.56. The molecule has 6 nitrogen and oxygen atoms in total. The number of carbonyl (C=O) groups is 2. The number of pyridine rings is 1. The summed E-state index contributed by atoms with van der Waals surface area (Å²) in [5.41, 5.74) is 2.45. The maximum absolute atomic E-state index is 13.3. The summed E-state index contributed by atoms with van der Waals surface area (Å²) in [7, 11) is 0. The molecule has 1 aromatic heterocycles. The van der Waals surface area contributed by atoms with Gasteiger partial charge in [0.1, 0.15) is 11.5 Å². The molecule has 1 saturated heterocycles. The van der Waals surface area contributed by atoms with E-state index in [1.54, 1.807) is 24.5 Å². The molecule has 1 N–H and O–H groups in total. The van der Waals surface area contributed by atoms with E-state index in [-0.39, 0.29) is 17.7 Å². The molecule has 2 aromatic carbocycles. The van der Waals surface area contributed by atoms with Crippen LogP contribution in [0.1, 0.15) is 40.2 Å². The molecule has 0 spiro atoms. The van der Waals surface area contributed by atoms with E-state index in [0.29, 0.717) is 31.1 Å². The Labute approximate surface area is 187 Å². The lowest BCUT2D eigenvalue weighted by atomic mass is 9.87. The predicted octanol–water partition coefficient (Wildman–Crippen LogP) is 3.99. The SMILES string of the molecule is O=C(NCC1CCN(C(=O)c2ccncc2)CC1)C1c2ccccc2Oc2ccccc21. The summed E-state index contributed by atoms with van der Waals surface area (Å²) in [5.74, 6) is 1.47. The van der Waals surface area contributed by atoms with Gasteiger partial charge in [-0.15, -0.1) is 0 Å². The molecule has 5 rings (SSSR count). The first kappa shape index (κ1) is 20.2. The molecular formula is C26H25N3O3. The molecule has 0 aliphatic carbocycles. The molecule has 0 unspecified atom stereocenters. The first-order valence-corrected chi connectivity index (χ1v) is 11.0. The van der Waals surface area contributed by atoms with Crippen LogP contribution in [-0.4, -0.2) is 41.3 Å². The molecule has 32 heavy (non-hydrogen) atoms. The first-order valence-electron chi connectivity index (χ1n) is 11.0. The highest BCUT2D eigenvalue weighted by molar-refractivity contribution is 5.94. The summed E-state index contributed by atoms with van der Waals surface area (Å²) in [5, 5.41) is 3.17. The minimum Gasteiger partial charge on any atom is -0.457 e. The van der Waals surface area contributed by atoms with Crippen molar-refractivity contribution >= 4 is 11.8 Å². The lowest BCUT2D eigenvalue weighted by Gasteiger charge is -2.33. The van der Waals surface area contributed by atoms with Crippen LogP contribution in [0.25, 0.3) is 0 Å². The molecular weight excluding hydrogens is 402 g/mol. The Morgan fingerprint density at radius 2 is 1.50 bits per heavy atom. The Hall–Kier alpha value is -3.67. The highest BCUT2D eigenvalue weighted by atomic mass is 16.5. The van der Waals surface area contributed by atoms with Crippen LogP contribution in [-0.2, 0) is 4.79 Å². The number of aromatic nitrogens is 1. The zero-order valence-electron chi connectivity index (χ0n) is 17.7. The van der Waals surface area contributed by atoms with Crippen molar-refractivity contribution in [2.75, 3.05) is 19.6 Å². The van der Waals surface area contributed by atoms with Crippen molar-refractivity contribution in [1.29, 1.82) is 0 Å². The van der Waals surface area contributed by atoms with Crippen LogP contribution >= 0.6 is 0 Å². The van der Waals surface area contributed by atoms with Gasteiger partial charge < -0.3 is 15.0 Å². The second-order valence-electron chi connectivity index (χ2n) is 8.33. The van der Waals surface area contributed by atoms with Gasteiger partial charge in [0, 0.05) is 48.7 Å². The Morgan fingerprint density at radius 3 is 2.12 bits per heavy atom. The summed E-state index contributed by atoms with van der Waals surface area (Å²) in [6, 6.07) is 18.9. The van der Waals surface area contributed by atoms with E-state index in [0.717, 1.165) is 35.5 Å². The lowest BCUT2D eigenvalue weighted by molar-refractivity contribution is -0.122. The number of likely N-dealkylation sites (tertiary alicyclic amines) is 1. The van der Waals surface area contributed by atoms with E-state index in [9.17, 15) is 9.59 Å². The molecule has 0 atom stereocenters. The molecule has 1 fully saturated rings. The highest BCUT2D eigenvalue weighted by Gasteiger charge is 2.33. The van der Waals surface area contributed by atoms with Gasteiger partial charge in [-0.05, 0) is 43.0 Å². The smallest absolute Gasteiger partial charge is 0.253 e. The van der Waals surface area contributed by atoms with E-state index in [1.165, 1.54) is 0 Å². The van der Waals surface area contributed by atoms with Crippen LogP contribution in [0.3, 0.4) is 0 Å². The second-order valence-corrected chi connectivity index (χ2v) is 8.33.